The minimum absolute atomic E-state index is 0.0326. The van der Waals surface area contributed by atoms with Gasteiger partial charge in [-0.1, -0.05) is 6.92 Å². The Kier molecular flexibility index (Phi) is 5.83. The van der Waals surface area contributed by atoms with Gasteiger partial charge in [-0.25, -0.2) is 0 Å². The van der Waals surface area contributed by atoms with Crippen molar-refractivity contribution in [3.63, 3.8) is 0 Å². The van der Waals surface area contributed by atoms with Crippen LogP contribution in [-0.4, -0.2) is 24.2 Å². The van der Waals surface area contributed by atoms with E-state index in [9.17, 15) is 0 Å². The van der Waals surface area contributed by atoms with Crippen molar-refractivity contribution < 1.29 is 4.74 Å². The lowest BCUT2D eigenvalue weighted by atomic mass is 10.1. The molecule has 0 spiro atoms. The van der Waals surface area contributed by atoms with Gasteiger partial charge < -0.3 is 10.5 Å². The van der Waals surface area contributed by atoms with Gasteiger partial charge in [0.1, 0.15) is 0 Å². The van der Waals surface area contributed by atoms with E-state index in [1.807, 2.05) is 12.1 Å². The zero-order valence-corrected chi connectivity index (χ0v) is 10.5. The van der Waals surface area contributed by atoms with E-state index in [1.54, 1.807) is 6.20 Å². The fourth-order valence-corrected chi connectivity index (χ4v) is 1.47. The van der Waals surface area contributed by atoms with E-state index in [2.05, 4.69) is 27.8 Å². The van der Waals surface area contributed by atoms with E-state index < -0.39 is 0 Å². The lowest BCUT2D eigenvalue weighted by Crippen LogP contribution is -2.29. The number of halogens is 1. The van der Waals surface area contributed by atoms with E-state index >= 15 is 0 Å². The minimum atomic E-state index is 0.0326. The monoisotopic (exact) mass is 272 g/mol. The van der Waals surface area contributed by atoms with Gasteiger partial charge in [-0.3, -0.25) is 4.98 Å². The van der Waals surface area contributed by atoms with E-state index in [0.29, 0.717) is 6.61 Å². The van der Waals surface area contributed by atoms with Gasteiger partial charge in [0.15, 0.2) is 0 Å². The normalized spacial score (nSPS) is 12.7. The van der Waals surface area contributed by atoms with Crippen molar-refractivity contribution in [1.29, 1.82) is 0 Å². The predicted molar refractivity (Wildman–Crippen MR) is 64.7 cm³/mol. The van der Waals surface area contributed by atoms with E-state index in [1.165, 1.54) is 0 Å². The van der Waals surface area contributed by atoms with Crippen LogP contribution in [0.5, 0.6) is 0 Å². The maximum absolute atomic E-state index is 5.91. The summed E-state index contributed by atoms with van der Waals surface area (Å²) in [5, 5.41) is 0. The fraction of sp³-hybridized carbons (Fsp3) is 0.545. The van der Waals surface area contributed by atoms with Gasteiger partial charge in [0.2, 0.25) is 0 Å². The Labute approximate surface area is 99.2 Å². The molecule has 0 saturated heterocycles. The standard InChI is InChI=1S/C11H17BrN2O/c1-2-5-15-8-10(13)6-11-4-3-9(12)7-14-11/h3-4,7,10H,2,5-6,8,13H2,1H3. The molecule has 4 heteroatoms. The first kappa shape index (κ1) is 12.6. The molecule has 1 aromatic rings. The quantitative estimate of drug-likeness (QED) is 0.808. The van der Waals surface area contributed by atoms with Crippen LogP contribution in [-0.2, 0) is 11.2 Å². The van der Waals surface area contributed by atoms with Crippen molar-refractivity contribution in [1.82, 2.24) is 4.98 Å². The number of rotatable bonds is 6. The Balaban J connectivity index is 2.31. The summed E-state index contributed by atoms with van der Waals surface area (Å²) in [7, 11) is 0. The molecule has 84 valence electrons. The van der Waals surface area contributed by atoms with Crippen LogP contribution >= 0.6 is 15.9 Å². The molecule has 1 unspecified atom stereocenters. The first-order valence-corrected chi connectivity index (χ1v) is 5.95. The molecule has 15 heavy (non-hydrogen) atoms. The first-order valence-electron chi connectivity index (χ1n) is 5.16. The maximum atomic E-state index is 5.91. The second-order valence-corrected chi connectivity index (χ2v) is 4.42. The Morgan fingerprint density at radius 1 is 1.53 bits per heavy atom. The molecule has 0 aliphatic carbocycles. The number of hydrogen-bond donors (Lipinski definition) is 1. The highest BCUT2D eigenvalue weighted by atomic mass is 79.9. The number of nitrogens with two attached hydrogens (primary N) is 1. The molecule has 2 N–H and O–H groups in total. The van der Waals surface area contributed by atoms with Crippen LogP contribution in [0.4, 0.5) is 0 Å². The van der Waals surface area contributed by atoms with Crippen LogP contribution in [0.1, 0.15) is 19.0 Å². The molecular weight excluding hydrogens is 256 g/mol. The zero-order chi connectivity index (χ0) is 11.1. The Hall–Kier alpha value is -0.450. The van der Waals surface area contributed by atoms with Crippen LogP contribution in [0, 0.1) is 0 Å². The Morgan fingerprint density at radius 3 is 2.93 bits per heavy atom. The second kappa shape index (κ2) is 6.93. The fourth-order valence-electron chi connectivity index (χ4n) is 1.23. The van der Waals surface area contributed by atoms with Gasteiger partial charge in [-0.15, -0.1) is 0 Å². The molecule has 0 aromatic carbocycles. The van der Waals surface area contributed by atoms with Crippen LogP contribution in [0.2, 0.25) is 0 Å². The van der Waals surface area contributed by atoms with Gasteiger partial charge in [0, 0.05) is 35.4 Å². The lowest BCUT2D eigenvalue weighted by molar-refractivity contribution is 0.121. The van der Waals surface area contributed by atoms with Crippen LogP contribution in [0.3, 0.4) is 0 Å². The van der Waals surface area contributed by atoms with Crippen LogP contribution < -0.4 is 5.73 Å². The van der Waals surface area contributed by atoms with Crippen molar-refractivity contribution in [3.8, 4) is 0 Å². The zero-order valence-electron chi connectivity index (χ0n) is 8.95. The molecule has 0 aliphatic rings. The Bertz CT molecular complexity index is 276. The average Bonchev–Trinajstić information content (AvgIpc) is 2.22. The predicted octanol–water partition coefficient (Wildman–Crippen LogP) is 2.14. The summed E-state index contributed by atoms with van der Waals surface area (Å²) in [6.07, 6.45) is 3.58. The summed E-state index contributed by atoms with van der Waals surface area (Å²) in [6, 6.07) is 3.98. The van der Waals surface area contributed by atoms with E-state index in [4.69, 9.17) is 10.5 Å². The third kappa shape index (κ3) is 5.25. The summed E-state index contributed by atoms with van der Waals surface area (Å²) in [4.78, 5) is 4.26. The first-order chi connectivity index (χ1) is 7.22. The summed E-state index contributed by atoms with van der Waals surface area (Å²) in [5.41, 5.74) is 6.91. The molecule has 0 saturated carbocycles. The largest absolute Gasteiger partial charge is 0.380 e. The molecule has 3 nitrogen and oxygen atoms in total. The lowest BCUT2D eigenvalue weighted by Gasteiger charge is -2.11. The molecule has 0 fully saturated rings. The van der Waals surface area contributed by atoms with Gasteiger partial charge in [0.05, 0.1) is 6.61 Å². The van der Waals surface area contributed by atoms with Crippen molar-refractivity contribution in [2.45, 2.75) is 25.8 Å². The molecule has 0 amide bonds. The van der Waals surface area contributed by atoms with Crippen LogP contribution in [0.25, 0.3) is 0 Å². The highest BCUT2D eigenvalue weighted by Gasteiger charge is 2.04. The average molecular weight is 273 g/mol. The van der Waals surface area contributed by atoms with Crippen molar-refractivity contribution in [2.24, 2.45) is 5.73 Å². The highest BCUT2D eigenvalue weighted by molar-refractivity contribution is 9.10. The minimum Gasteiger partial charge on any atom is -0.380 e. The van der Waals surface area contributed by atoms with Crippen molar-refractivity contribution in [2.75, 3.05) is 13.2 Å². The van der Waals surface area contributed by atoms with Crippen molar-refractivity contribution >= 4 is 15.9 Å². The van der Waals surface area contributed by atoms with Gasteiger partial charge in [-0.2, -0.15) is 0 Å². The van der Waals surface area contributed by atoms with Gasteiger partial charge in [-0.05, 0) is 34.5 Å². The molecular formula is C11H17BrN2O. The maximum Gasteiger partial charge on any atom is 0.0621 e. The van der Waals surface area contributed by atoms with Crippen LogP contribution in [0.15, 0.2) is 22.8 Å². The second-order valence-electron chi connectivity index (χ2n) is 3.51. The topological polar surface area (TPSA) is 48.1 Å². The third-order valence-electron chi connectivity index (χ3n) is 1.94. The Morgan fingerprint density at radius 2 is 2.33 bits per heavy atom. The molecule has 1 aromatic heterocycles. The smallest absolute Gasteiger partial charge is 0.0621 e. The summed E-state index contributed by atoms with van der Waals surface area (Å²) in [6.45, 7) is 3.47. The summed E-state index contributed by atoms with van der Waals surface area (Å²) in [5.74, 6) is 0. The number of nitrogens with zero attached hydrogens (tertiary/aromatic N) is 1. The molecule has 0 radical (unpaired) electrons. The van der Waals surface area contributed by atoms with Gasteiger partial charge in [0.25, 0.3) is 0 Å². The summed E-state index contributed by atoms with van der Waals surface area (Å²) < 4.78 is 6.37. The molecule has 1 atom stereocenters. The molecule has 0 aliphatic heterocycles. The highest BCUT2D eigenvalue weighted by Crippen LogP contribution is 2.08. The molecule has 1 rings (SSSR count). The summed E-state index contributed by atoms with van der Waals surface area (Å²) >= 11 is 3.34. The van der Waals surface area contributed by atoms with E-state index in [0.717, 1.165) is 29.6 Å². The van der Waals surface area contributed by atoms with Crippen molar-refractivity contribution in [3.05, 3.63) is 28.5 Å². The van der Waals surface area contributed by atoms with Gasteiger partial charge >= 0.3 is 0 Å². The molecule has 1 heterocycles. The SMILES string of the molecule is CCCOCC(N)Cc1ccc(Br)cn1. The van der Waals surface area contributed by atoms with E-state index in [-0.39, 0.29) is 6.04 Å². The number of pyridine rings is 1. The third-order valence-corrected chi connectivity index (χ3v) is 2.41. The number of ether oxygens (including phenoxy) is 1. The number of hydrogen-bond acceptors (Lipinski definition) is 3. The number of aromatic nitrogens is 1. The molecule has 0 bridgehead atoms.